The third-order valence-corrected chi connectivity index (χ3v) is 3.15. The van der Waals surface area contributed by atoms with Gasteiger partial charge in [0.05, 0.1) is 11.3 Å². The highest BCUT2D eigenvalue weighted by Crippen LogP contribution is 2.24. The van der Waals surface area contributed by atoms with Crippen LogP contribution in [0.2, 0.25) is 0 Å². The number of carbonyl (C=O) groups is 2. The number of nitrogens with one attached hydrogen (secondary N) is 1. The summed E-state index contributed by atoms with van der Waals surface area (Å²) in [6.07, 6.45) is 2.13. The number of amides is 1. The van der Waals surface area contributed by atoms with Gasteiger partial charge >= 0.3 is 5.97 Å². The number of carboxylic acid groups (broad SMARTS) is 1. The largest absolute Gasteiger partial charge is 0.478 e. The number of hydrogen-bond donors (Lipinski definition) is 2. The second-order valence-electron chi connectivity index (χ2n) is 4.70. The number of aromatic carboxylic acids is 1. The van der Waals surface area contributed by atoms with Crippen LogP contribution in [0.15, 0.2) is 36.4 Å². The van der Waals surface area contributed by atoms with Crippen LogP contribution in [0.5, 0.6) is 0 Å². The molecule has 104 valence electrons. The number of fused-ring (bicyclic) bond motifs is 1. The van der Waals surface area contributed by atoms with Crippen LogP contribution >= 0.6 is 0 Å². The van der Waals surface area contributed by atoms with Crippen LogP contribution in [-0.4, -0.2) is 17.0 Å². The van der Waals surface area contributed by atoms with E-state index in [9.17, 15) is 14.7 Å². The van der Waals surface area contributed by atoms with Gasteiger partial charge in [0.1, 0.15) is 0 Å². The van der Waals surface area contributed by atoms with Gasteiger partial charge in [0, 0.05) is 6.42 Å². The zero-order chi connectivity index (χ0) is 14.5. The Morgan fingerprint density at radius 1 is 1.15 bits per heavy atom. The van der Waals surface area contributed by atoms with Gasteiger partial charge in [0.2, 0.25) is 5.91 Å². The summed E-state index contributed by atoms with van der Waals surface area (Å²) in [4.78, 5) is 23.1. The fraction of sp³-hybridized carbons (Fsp3) is 0.250. The molecule has 0 spiro atoms. The predicted octanol–water partition coefficient (Wildman–Crippen LogP) is 3.67. The van der Waals surface area contributed by atoms with E-state index >= 15 is 0 Å². The Morgan fingerprint density at radius 3 is 2.40 bits per heavy atom. The van der Waals surface area contributed by atoms with E-state index in [1.165, 1.54) is 0 Å². The molecule has 0 saturated heterocycles. The van der Waals surface area contributed by atoms with Gasteiger partial charge in [-0.25, -0.2) is 4.79 Å². The minimum absolute atomic E-state index is 0.119. The maximum absolute atomic E-state index is 11.8. The van der Waals surface area contributed by atoms with Gasteiger partial charge in [-0.15, -0.1) is 0 Å². The van der Waals surface area contributed by atoms with Crippen LogP contribution in [0.3, 0.4) is 0 Å². The number of benzene rings is 2. The zero-order valence-corrected chi connectivity index (χ0v) is 11.3. The molecule has 2 N–H and O–H groups in total. The van der Waals surface area contributed by atoms with Crippen molar-refractivity contribution in [3.63, 3.8) is 0 Å². The van der Waals surface area contributed by atoms with Crippen molar-refractivity contribution in [2.45, 2.75) is 26.2 Å². The fourth-order valence-corrected chi connectivity index (χ4v) is 2.07. The number of unbranched alkanes of at least 4 members (excludes halogenated alkanes) is 1. The summed E-state index contributed by atoms with van der Waals surface area (Å²) in [5, 5.41) is 13.7. The van der Waals surface area contributed by atoms with Gasteiger partial charge in [-0.2, -0.15) is 0 Å². The predicted molar refractivity (Wildman–Crippen MR) is 79.1 cm³/mol. The number of carbonyl (C=O) groups excluding carboxylic acids is 1. The highest BCUT2D eigenvalue weighted by atomic mass is 16.4. The second-order valence-corrected chi connectivity index (χ2v) is 4.70. The number of anilines is 1. The lowest BCUT2D eigenvalue weighted by atomic mass is 10.0. The average Bonchev–Trinajstić information content (AvgIpc) is 2.44. The van der Waals surface area contributed by atoms with E-state index in [1.54, 1.807) is 12.1 Å². The van der Waals surface area contributed by atoms with Gasteiger partial charge in [0.15, 0.2) is 0 Å². The molecule has 0 radical (unpaired) electrons. The van der Waals surface area contributed by atoms with E-state index in [1.807, 2.05) is 31.2 Å². The highest BCUT2D eigenvalue weighted by Gasteiger charge is 2.13. The van der Waals surface area contributed by atoms with Crippen molar-refractivity contribution in [1.82, 2.24) is 0 Å². The van der Waals surface area contributed by atoms with Gasteiger partial charge < -0.3 is 10.4 Å². The zero-order valence-electron chi connectivity index (χ0n) is 11.3. The average molecular weight is 271 g/mol. The maximum Gasteiger partial charge on any atom is 0.337 e. The molecule has 0 fully saturated rings. The molecule has 0 heterocycles. The summed E-state index contributed by atoms with van der Waals surface area (Å²) in [6.45, 7) is 2.01. The Morgan fingerprint density at radius 2 is 1.80 bits per heavy atom. The van der Waals surface area contributed by atoms with Gasteiger partial charge in [-0.1, -0.05) is 37.6 Å². The fourth-order valence-electron chi connectivity index (χ4n) is 2.07. The van der Waals surface area contributed by atoms with E-state index in [-0.39, 0.29) is 11.5 Å². The number of carboxylic acids is 1. The summed E-state index contributed by atoms with van der Waals surface area (Å²) in [7, 11) is 0. The molecule has 4 nitrogen and oxygen atoms in total. The van der Waals surface area contributed by atoms with Crippen molar-refractivity contribution in [2.24, 2.45) is 0 Å². The lowest BCUT2D eigenvalue weighted by molar-refractivity contribution is -0.116. The van der Waals surface area contributed by atoms with Crippen LogP contribution in [0.4, 0.5) is 5.69 Å². The minimum atomic E-state index is -1.04. The molecule has 2 aromatic carbocycles. The molecule has 0 saturated carbocycles. The summed E-state index contributed by atoms with van der Waals surface area (Å²) >= 11 is 0. The standard InChI is InChI=1S/C16H17NO3/c1-2-3-8-15(18)17-14-10-12-7-5-4-6-11(12)9-13(14)16(19)20/h4-7,9-10H,2-3,8H2,1H3,(H,17,18)(H,19,20). The number of rotatable bonds is 5. The molecule has 0 aliphatic rings. The van der Waals surface area contributed by atoms with Gasteiger partial charge in [0.25, 0.3) is 0 Å². The first-order valence-electron chi connectivity index (χ1n) is 6.67. The first-order chi connectivity index (χ1) is 9.61. The summed E-state index contributed by atoms with van der Waals surface area (Å²) < 4.78 is 0. The van der Waals surface area contributed by atoms with Crippen LogP contribution < -0.4 is 5.32 Å². The summed E-state index contributed by atoms with van der Waals surface area (Å²) in [5.74, 6) is -1.19. The van der Waals surface area contributed by atoms with E-state index in [0.717, 1.165) is 23.6 Å². The summed E-state index contributed by atoms with van der Waals surface area (Å²) in [6, 6.07) is 10.8. The van der Waals surface area contributed by atoms with Crippen LogP contribution in [0.1, 0.15) is 36.5 Å². The lowest BCUT2D eigenvalue weighted by Gasteiger charge is -2.10. The highest BCUT2D eigenvalue weighted by molar-refractivity contribution is 6.05. The Bertz CT molecular complexity index is 649. The Balaban J connectivity index is 2.37. The molecule has 0 atom stereocenters. The van der Waals surface area contributed by atoms with E-state index in [4.69, 9.17) is 0 Å². The van der Waals surface area contributed by atoms with Crippen LogP contribution in [0, 0.1) is 0 Å². The molecule has 0 unspecified atom stereocenters. The second kappa shape index (κ2) is 6.19. The number of hydrogen-bond acceptors (Lipinski definition) is 2. The Kier molecular flexibility index (Phi) is 4.35. The van der Waals surface area contributed by atoms with Crippen molar-refractivity contribution in [3.8, 4) is 0 Å². The molecule has 20 heavy (non-hydrogen) atoms. The molecule has 2 rings (SSSR count). The lowest BCUT2D eigenvalue weighted by Crippen LogP contribution is -2.14. The SMILES string of the molecule is CCCCC(=O)Nc1cc2ccccc2cc1C(=O)O. The quantitative estimate of drug-likeness (QED) is 0.872. The monoisotopic (exact) mass is 271 g/mol. The third kappa shape index (κ3) is 3.15. The van der Waals surface area contributed by atoms with E-state index in [0.29, 0.717) is 12.1 Å². The minimum Gasteiger partial charge on any atom is -0.478 e. The normalized spacial score (nSPS) is 10.4. The third-order valence-electron chi connectivity index (χ3n) is 3.15. The van der Waals surface area contributed by atoms with Crippen molar-refractivity contribution < 1.29 is 14.7 Å². The molecule has 2 aromatic rings. The summed E-state index contributed by atoms with van der Waals surface area (Å²) in [5.41, 5.74) is 0.478. The Hall–Kier alpha value is -2.36. The first kappa shape index (κ1) is 14.1. The maximum atomic E-state index is 11.8. The topological polar surface area (TPSA) is 66.4 Å². The van der Waals surface area contributed by atoms with Crippen molar-refractivity contribution in [2.75, 3.05) is 5.32 Å². The van der Waals surface area contributed by atoms with Crippen LogP contribution in [-0.2, 0) is 4.79 Å². The van der Waals surface area contributed by atoms with Crippen LogP contribution in [0.25, 0.3) is 10.8 Å². The molecular formula is C16H17NO3. The van der Waals surface area contributed by atoms with Gasteiger partial charge in [-0.3, -0.25) is 4.79 Å². The van der Waals surface area contributed by atoms with E-state index in [2.05, 4.69) is 5.32 Å². The molecule has 4 heteroatoms. The molecule has 1 amide bonds. The molecule has 0 bridgehead atoms. The smallest absolute Gasteiger partial charge is 0.337 e. The van der Waals surface area contributed by atoms with Gasteiger partial charge in [-0.05, 0) is 29.3 Å². The first-order valence-corrected chi connectivity index (χ1v) is 6.67. The molecule has 0 aromatic heterocycles. The van der Waals surface area contributed by atoms with Crippen molar-refractivity contribution >= 4 is 28.3 Å². The van der Waals surface area contributed by atoms with Crippen molar-refractivity contribution in [1.29, 1.82) is 0 Å². The Labute approximate surface area is 117 Å². The van der Waals surface area contributed by atoms with E-state index < -0.39 is 5.97 Å². The van der Waals surface area contributed by atoms with Crippen molar-refractivity contribution in [3.05, 3.63) is 42.0 Å². The molecule has 0 aliphatic carbocycles. The molecular weight excluding hydrogens is 254 g/mol. The molecule has 0 aliphatic heterocycles.